The van der Waals surface area contributed by atoms with Gasteiger partial charge in [-0.1, -0.05) is 13.8 Å². The van der Waals surface area contributed by atoms with Crippen LogP contribution in [-0.4, -0.2) is 55.5 Å². The van der Waals surface area contributed by atoms with Crippen LogP contribution in [0.3, 0.4) is 0 Å². The Bertz CT molecular complexity index is 681. The van der Waals surface area contributed by atoms with E-state index in [9.17, 15) is 9.59 Å². The van der Waals surface area contributed by atoms with E-state index in [1.807, 2.05) is 19.1 Å². The third-order valence-electron chi connectivity index (χ3n) is 5.34. The van der Waals surface area contributed by atoms with Crippen molar-refractivity contribution in [2.24, 2.45) is 11.8 Å². The summed E-state index contributed by atoms with van der Waals surface area (Å²) < 4.78 is 11.1. The van der Waals surface area contributed by atoms with E-state index in [1.165, 1.54) is 0 Å². The van der Waals surface area contributed by atoms with E-state index in [4.69, 9.17) is 9.47 Å². The fourth-order valence-electron chi connectivity index (χ4n) is 3.60. The number of carbonyl (C=O) groups excluding carboxylic acids is 2. The molecule has 0 radical (unpaired) electrons. The molecule has 1 aromatic rings. The zero-order valence-corrected chi connectivity index (χ0v) is 16.5. The Morgan fingerprint density at radius 3 is 2.44 bits per heavy atom. The van der Waals surface area contributed by atoms with E-state index in [2.05, 4.69) is 24.1 Å². The summed E-state index contributed by atoms with van der Waals surface area (Å²) in [5.41, 5.74) is 0.681. The summed E-state index contributed by atoms with van der Waals surface area (Å²) in [5, 5.41) is 2.99. The molecular formula is C21H30N2O4. The van der Waals surface area contributed by atoms with Crippen LogP contribution in [0.5, 0.6) is 11.5 Å². The van der Waals surface area contributed by atoms with E-state index < -0.39 is 0 Å². The first kappa shape index (κ1) is 19.7. The molecule has 2 aliphatic heterocycles. The summed E-state index contributed by atoms with van der Waals surface area (Å²) in [7, 11) is 0. The molecule has 148 valence electrons. The van der Waals surface area contributed by atoms with Crippen LogP contribution in [0.4, 0.5) is 0 Å². The lowest BCUT2D eigenvalue weighted by Crippen LogP contribution is -2.49. The number of hydrogen-bond donors (Lipinski definition) is 1. The molecule has 2 heterocycles. The minimum Gasteiger partial charge on any atom is -0.486 e. The molecule has 0 spiro atoms. The van der Waals surface area contributed by atoms with Gasteiger partial charge in [0.2, 0.25) is 5.91 Å². The van der Waals surface area contributed by atoms with Crippen molar-refractivity contribution in [2.45, 2.75) is 39.7 Å². The SMILES string of the molecule is CC(C)CNC(=O)[C@@H](C)N1CCC(C(=O)c2ccc3c(c2)OCCO3)CC1. The summed E-state index contributed by atoms with van der Waals surface area (Å²) in [6.45, 7) is 9.39. The van der Waals surface area contributed by atoms with Gasteiger partial charge in [-0.05, 0) is 57.0 Å². The Hall–Kier alpha value is -2.08. The number of fused-ring (bicyclic) bond motifs is 1. The van der Waals surface area contributed by atoms with Crippen LogP contribution in [0.2, 0.25) is 0 Å². The predicted molar refractivity (Wildman–Crippen MR) is 103 cm³/mol. The molecule has 0 unspecified atom stereocenters. The highest BCUT2D eigenvalue weighted by Crippen LogP contribution is 2.32. The number of benzene rings is 1. The summed E-state index contributed by atoms with van der Waals surface area (Å²) in [6.07, 6.45) is 1.55. The van der Waals surface area contributed by atoms with Crippen molar-refractivity contribution in [3.05, 3.63) is 23.8 Å². The van der Waals surface area contributed by atoms with Crippen molar-refractivity contribution in [1.82, 2.24) is 10.2 Å². The lowest BCUT2D eigenvalue weighted by molar-refractivity contribution is -0.126. The van der Waals surface area contributed by atoms with Gasteiger partial charge in [0, 0.05) is 18.0 Å². The van der Waals surface area contributed by atoms with Gasteiger partial charge >= 0.3 is 0 Å². The average molecular weight is 374 g/mol. The number of rotatable bonds is 6. The van der Waals surface area contributed by atoms with Crippen molar-refractivity contribution in [1.29, 1.82) is 0 Å². The Balaban J connectivity index is 1.54. The number of amides is 1. The van der Waals surface area contributed by atoms with Gasteiger partial charge in [-0.15, -0.1) is 0 Å². The van der Waals surface area contributed by atoms with Crippen molar-refractivity contribution in [2.75, 3.05) is 32.8 Å². The quantitative estimate of drug-likeness (QED) is 0.775. The highest BCUT2D eigenvalue weighted by Gasteiger charge is 2.30. The van der Waals surface area contributed by atoms with Crippen molar-refractivity contribution in [3.8, 4) is 11.5 Å². The molecule has 0 aliphatic carbocycles. The topological polar surface area (TPSA) is 67.9 Å². The average Bonchev–Trinajstić information content (AvgIpc) is 2.70. The number of ether oxygens (including phenoxy) is 2. The molecule has 6 heteroatoms. The van der Waals surface area contributed by atoms with Gasteiger partial charge in [0.1, 0.15) is 13.2 Å². The first-order valence-electron chi connectivity index (χ1n) is 9.91. The molecule has 1 aromatic carbocycles. The molecule has 1 amide bonds. The zero-order chi connectivity index (χ0) is 19.4. The second-order valence-electron chi connectivity index (χ2n) is 7.85. The van der Waals surface area contributed by atoms with E-state index >= 15 is 0 Å². The minimum absolute atomic E-state index is 0.00488. The van der Waals surface area contributed by atoms with Gasteiger partial charge in [0.05, 0.1) is 6.04 Å². The number of Topliss-reactive ketones (excluding diaryl/α,β-unsaturated/α-hetero) is 1. The van der Waals surface area contributed by atoms with Gasteiger partial charge in [0.25, 0.3) is 0 Å². The maximum Gasteiger partial charge on any atom is 0.237 e. The van der Waals surface area contributed by atoms with Gasteiger partial charge in [-0.25, -0.2) is 0 Å². The molecule has 2 aliphatic rings. The molecule has 6 nitrogen and oxygen atoms in total. The first-order chi connectivity index (χ1) is 13.0. The van der Waals surface area contributed by atoms with E-state index in [-0.39, 0.29) is 23.7 Å². The van der Waals surface area contributed by atoms with Gasteiger partial charge in [-0.2, -0.15) is 0 Å². The van der Waals surface area contributed by atoms with Gasteiger partial charge in [0.15, 0.2) is 17.3 Å². The number of ketones is 1. The van der Waals surface area contributed by atoms with Crippen LogP contribution >= 0.6 is 0 Å². The van der Waals surface area contributed by atoms with Crippen molar-refractivity contribution >= 4 is 11.7 Å². The molecule has 1 saturated heterocycles. The van der Waals surface area contributed by atoms with E-state index in [1.54, 1.807) is 6.07 Å². The molecule has 1 atom stereocenters. The largest absolute Gasteiger partial charge is 0.486 e. The van der Waals surface area contributed by atoms with Gasteiger partial charge in [-0.3, -0.25) is 14.5 Å². The predicted octanol–water partition coefficient (Wildman–Crippen LogP) is 2.51. The fourth-order valence-corrected chi connectivity index (χ4v) is 3.60. The Morgan fingerprint density at radius 2 is 1.78 bits per heavy atom. The number of piperidine rings is 1. The third-order valence-corrected chi connectivity index (χ3v) is 5.34. The molecule has 3 rings (SSSR count). The minimum atomic E-state index is -0.158. The second-order valence-corrected chi connectivity index (χ2v) is 7.85. The van der Waals surface area contributed by atoms with E-state index in [0.717, 1.165) is 25.9 Å². The maximum atomic E-state index is 12.9. The normalized spacial score (nSPS) is 19.0. The zero-order valence-electron chi connectivity index (χ0n) is 16.5. The summed E-state index contributed by atoms with van der Waals surface area (Å²) >= 11 is 0. The highest BCUT2D eigenvalue weighted by molar-refractivity contribution is 5.98. The Kier molecular flexibility index (Phi) is 6.37. The van der Waals surface area contributed by atoms with Crippen LogP contribution < -0.4 is 14.8 Å². The first-order valence-corrected chi connectivity index (χ1v) is 9.91. The summed E-state index contributed by atoms with van der Waals surface area (Å²) in [4.78, 5) is 27.3. The smallest absolute Gasteiger partial charge is 0.237 e. The molecule has 0 bridgehead atoms. The number of carbonyl (C=O) groups is 2. The number of nitrogens with one attached hydrogen (secondary N) is 1. The number of nitrogens with zero attached hydrogens (tertiary/aromatic N) is 1. The highest BCUT2D eigenvalue weighted by atomic mass is 16.6. The monoisotopic (exact) mass is 374 g/mol. The lowest BCUT2D eigenvalue weighted by atomic mass is 9.88. The van der Waals surface area contributed by atoms with Gasteiger partial charge < -0.3 is 14.8 Å². The molecule has 27 heavy (non-hydrogen) atoms. The van der Waals surface area contributed by atoms with Crippen molar-refractivity contribution < 1.29 is 19.1 Å². The standard InChI is InChI=1S/C21H30N2O4/c1-14(2)13-22-21(25)15(3)23-8-6-16(7-9-23)20(24)17-4-5-18-19(12-17)27-11-10-26-18/h4-5,12,14-16H,6-11,13H2,1-3H3,(H,22,25)/t15-/m1/s1. The van der Waals surface area contributed by atoms with E-state index in [0.29, 0.717) is 42.7 Å². The molecule has 1 N–H and O–H groups in total. The second kappa shape index (κ2) is 8.74. The summed E-state index contributed by atoms with van der Waals surface area (Å²) in [5.74, 6) is 2.02. The molecular weight excluding hydrogens is 344 g/mol. The number of likely N-dealkylation sites (tertiary alicyclic amines) is 1. The lowest BCUT2D eigenvalue weighted by Gasteiger charge is -2.35. The van der Waals surface area contributed by atoms with Crippen LogP contribution in [0.1, 0.15) is 44.0 Å². The maximum absolute atomic E-state index is 12.9. The molecule has 0 aromatic heterocycles. The number of hydrogen-bond acceptors (Lipinski definition) is 5. The molecule has 1 fully saturated rings. The Morgan fingerprint density at radius 1 is 1.11 bits per heavy atom. The van der Waals surface area contributed by atoms with Crippen LogP contribution in [-0.2, 0) is 4.79 Å². The summed E-state index contributed by atoms with van der Waals surface area (Å²) in [6, 6.07) is 5.28. The van der Waals surface area contributed by atoms with Crippen molar-refractivity contribution in [3.63, 3.8) is 0 Å². The fraction of sp³-hybridized carbons (Fsp3) is 0.619. The molecule has 0 saturated carbocycles. The van der Waals surface area contributed by atoms with Crippen LogP contribution in [0.15, 0.2) is 18.2 Å². The third kappa shape index (κ3) is 4.80. The van der Waals surface area contributed by atoms with Crippen LogP contribution in [0.25, 0.3) is 0 Å². The van der Waals surface area contributed by atoms with Crippen LogP contribution in [0, 0.1) is 11.8 Å². The Labute approximate surface area is 161 Å².